The summed E-state index contributed by atoms with van der Waals surface area (Å²) in [6.07, 6.45) is 7.89. The third-order valence-corrected chi connectivity index (χ3v) is 4.14. The first kappa shape index (κ1) is 10.4. The van der Waals surface area contributed by atoms with Crippen LogP contribution in [0.1, 0.15) is 37.7 Å². The second kappa shape index (κ2) is 3.92. The normalized spacial score (nSPS) is 23.1. The summed E-state index contributed by atoms with van der Waals surface area (Å²) in [6.45, 7) is 0. The van der Waals surface area contributed by atoms with Crippen molar-refractivity contribution in [1.29, 1.82) is 5.26 Å². The number of anilines is 1. The molecule has 2 nitrogen and oxygen atoms in total. The van der Waals surface area contributed by atoms with Crippen LogP contribution in [0.4, 0.5) is 5.69 Å². The van der Waals surface area contributed by atoms with Crippen LogP contribution in [0, 0.1) is 11.3 Å². The SMILES string of the molecule is N#CC=C1Nc2ccccc2C12CCCCC2. The number of hydrogen-bond acceptors (Lipinski definition) is 2. The lowest BCUT2D eigenvalue weighted by Crippen LogP contribution is -2.29. The zero-order valence-corrected chi connectivity index (χ0v) is 9.87. The summed E-state index contributed by atoms with van der Waals surface area (Å²) >= 11 is 0. The van der Waals surface area contributed by atoms with Gasteiger partial charge in [0.2, 0.25) is 0 Å². The number of allylic oxidation sites excluding steroid dienone is 2. The zero-order valence-electron chi connectivity index (χ0n) is 9.87. The molecular formula is C15H16N2. The van der Waals surface area contributed by atoms with Gasteiger partial charge in [0.25, 0.3) is 0 Å². The van der Waals surface area contributed by atoms with Gasteiger partial charge in [-0.3, -0.25) is 0 Å². The average molecular weight is 224 g/mol. The molecule has 0 radical (unpaired) electrons. The Hall–Kier alpha value is -1.75. The summed E-state index contributed by atoms with van der Waals surface area (Å²) in [5.41, 5.74) is 3.79. The Morgan fingerprint density at radius 3 is 2.71 bits per heavy atom. The van der Waals surface area contributed by atoms with E-state index >= 15 is 0 Å². The highest BCUT2D eigenvalue weighted by molar-refractivity contribution is 5.69. The van der Waals surface area contributed by atoms with Gasteiger partial charge in [-0.05, 0) is 24.5 Å². The fraction of sp³-hybridized carbons (Fsp3) is 0.400. The lowest BCUT2D eigenvalue weighted by Gasteiger charge is -2.34. The highest BCUT2D eigenvalue weighted by Gasteiger charge is 2.43. The van der Waals surface area contributed by atoms with Crippen molar-refractivity contribution >= 4 is 5.69 Å². The Morgan fingerprint density at radius 1 is 1.18 bits per heavy atom. The Bertz CT molecular complexity index is 502. The third-order valence-electron chi connectivity index (χ3n) is 4.14. The summed E-state index contributed by atoms with van der Waals surface area (Å²) in [5, 5.41) is 12.4. The summed E-state index contributed by atoms with van der Waals surface area (Å²) in [4.78, 5) is 0. The summed E-state index contributed by atoms with van der Waals surface area (Å²) in [7, 11) is 0. The number of rotatable bonds is 0. The van der Waals surface area contributed by atoms with Gasteiger partial charge < -0.3 is 5.32 Å². The molecule has 0 saturated heterocycles. The zero-order chi connectivity index (χ0) is 11.7. The van der Waals surface area contributed by atoms with Crippen molar-refractivity contribution in [3.8, 4) is 6.07 Å². The van der Waals surface area contributed by atoms with Crippen LogP contribution in [0.3, 0.4) is 0 Å². The monoisotopic (exact) mass is 224 g/mol. The van der Waals surface area contributed by atoms with Gasteiger partial charge in [0, 0.05) is 22.9 Å². The highest BCUT2D eigenvalue weighted by atomic mass is 15.0. The summed E-state index contributed by atoms with van der Waals surface area (Å²) < 4.78 is 0. The molecule has 0 bridgehead atoms. The van der Waals surface area contributed by atoms with Crippen LogP contribution < -0.4 is 5.32 Å². The third kappa shape index (κ3) is 1.46. The first-order valence-corrected chi connectivity index (χ1v) is 6.34. The molecule has 2 aliphatic rings. The van der Waals surface area contributed by atoms with Gasteiger partial charge in [-0.15, -0.1) is 0 Å². The maximum atomic E-state index is 8.95. The predicted molar refractivity (Wildman–Crippen MR) is 68.5 cm³/mol. The maximum Gasteiger partial charge on any atom is 0.0930 e. The van der Waals surface area contributed by atoms with E-state index in [-0.39, 0.29) is 5.41 Å². The van der Waals surface area contributed by atoms with E-state index in [9.17, 15) is 0 Å². The maximum absolute atomic E-state index is 8.95. The van der Waals surface area contributed by atoms with E-state index in [4.69, 9.17) is 5.26 Å². The highest BCUT2D eigenvalue weighted by Crippen LogP contribution is 2.51. The molecule has 1 aromatic carbocycles. The van der Waals surface area contributed by atoms with Gasteiger partial charge in [-0.1, -0.05) is 37.5 Å². The number of nitrogens with one attached hydrogen (secondary N) is 1. The van der Waals surface area contributed by atoms with Crippen LogP contribution in [-0.2, 0) is 5.41 Å². The van der Waals surface area contributed by atoms with Gasteiger partial charge in [0.1, 0.15) is 0 Å². The van der Waals surface area contributed by atoms with Crippen LogP contribution in [-0.4, -0.2) is 0 Å². The molecule has 1 aromatic rings. The van der Waals surface area contributed by atoms with Crippen molar-refractivity contribution in [2.45, 2.75) is 37.5 Å². The Kier molecular flexibility index (Phi) is 2.40. The molecule has 0 unspecified atom stereocenters. The molecule has 1 heterocycles. The van der Waals surface area contributed by atoms with Gasteiger partial charge in [0.15, 0.2) is 0 Å². The standard InChI is InChI=1S/C15H16N2/c16-11-8-14-15(9-4-1-5-10-15)12-6-2-3-7-13(12)17-14/h2-3,6-8,17H,1,4-5,9-10H2. The molecule has 0 atom stereocenters. The first-order valence-electron chi connectivity index (χ1n) is 6.34. The molecule has 2 heteroatoms. The lowest BCUT2D eigenvalue weighted by atomic mass is 9.69. The topological polar surface area (TPSA) is 35.8 Å². The van der Waals surface area contributed by atoms with Crippen molar-refractivity contribution in [3.05, 3.63) is 41.6 Å². The summed E-state index contributed by atoms with van der Waals surface area (Å²) in [6, 6.07) is 10.7. The van der Waals surface area contributed by atoms with Crippen LogP contribution in [0.25, 0.3) is 0 Å². The van der Waals surface area contributed by atoms with Crippen molar-refractivity contribution in [1.82, 2.24) is 0 Å². The minimum Gasteiger partial charge on any atom is -0.357 e. The van der Waals surface area contributed by atoms with E-state index < -0.39 is 0 Å². The first-order chi connectivity index (χ1) is 8.37. The van der Waals surface area contributed by atoms with E-state index in [2.05, 4.69) is 35.7 Å². The molecule has 1 N–H and O–H groups in total. The fourth-order valence-corrected chi connectivity index (χ4v) is 3.35. The number of nitriles is 1. The molecule has 1 aliphatic carbocycles. The molecule has 1 fully saturated rings. The molecular weight excluding hydrogens is 208 g/mol. The number of fused-ring (bicyclic) bond motifs is 2. The summed E-state index contributed by atoms with van der Waals surface area (Å²) in [5.74, 6) is 0. The Labute approximate surface area is 102 Å². The van der Waals surface area contributed by atoms with Crippen LogP contribution >= 0.6 is 0 Å². The van der Waals surface area contributed by atoms with Gasteiger partial charge >= 0.3 is 0 Å². The number of benzene rings is 1. The second-order valence-corrected chi connectivity index (χ2v) is 5.00. The van der Waals surface area contributed by atoms with E-state index in [0.717, 1.165) is 5.70 Å². The Morgan fingerprint density at radius 2 is 1.94 bits per heavy atom. The Balaban J connectivity index is 2.14. The van der Waals surface area contributed by atoms with Gasteiger partial charge in [-0.25, -0.2) is 0 Å². The molecule has 3 rings (SSSR count). The quantitative estimate of drug-likeness (QED) is 0.682. The van der Waals surface area contributed by atoms with E-state index in [1.165, 1.54) is 43.4 Å². The van der Waals surface area contributed by atoms with Crippen molar-refractivity contribution in [2.24, 2.45) is 0 Å². The number of hydrogen-bond donors (Lipinski definition) is 1. The number of para-hydroxylation sites is 1. The van der Waals surface area contributed by atoms with Gasteiger partial charge in [-0.2, -0.15) is 5.26 Å². The van der Waals surface area contributed by atoms with Crippen molar-refractivity contribution in [2.75, 3.05) is 5.32 Å². The molecule has 1 aliphatic heterocycles. The predicted octanol–water partition coefficient (Wildman–Crippen LogP) is 3.72. The minimum absolute atomic E-state index is 0.102. The molecule has 17 heavy (non-hydrogen) atoms. The van der Waals surface area contributed by atoms with Crippen LogP contribution in [0.15, 0.2) is 36.0 Å². The van der Waals surface area contributed by atoms with E-state index in [0.29, 0.717) is 0 Å². The molecule has 1 spiro atoms. The van der Waals surface area contributed by atoms with E-state index in [1.54, 1.807) is 6.08 Å². The smallest absolute Gasteiger partial charge is 0.0930 e. The minimum atomic E-state index is 0.102. The molecule has 0 aromatic heterocycles. The number of nitrogens with zero attached hydrogens (tertiary/aromatic N) is 1. The van der Waals surface area contributed by atoms with Crippen molar-refractivity contribution < 1.29 is 0 Å². The fourth-order valence-electron chi connectivity index (χ4n) is 3.35. The van der Waals surface area contributed by atoms with Crippen LogP contribution in [0.5, 0.6) is 0 Å². The van der Waals surface area contributed by atoms with Crippen LogP contribution in [0.2, 0.25) is 0 Å². The lowest BCUT2D eigenvalue weighted by molar-refractivity contribution is 0.350. The molecule has 0 amide bonds. The molecule has 1 saturated carbocycles. The van der Waals surface area contributed by atoms with Crippen molar-refractivity contribution in [3.63, 3.8) is 0 Å². The largest absolute Gasteiger partial charge is 0.357 e. The second-order valence-electron chi connectivity index (χ2n) is 5.00. The van der Waals surface area contributed by atoms with Gasteiger partial charge in [0.05, 0.1) is 6.07 Å². The molecule has 86 valence electrons. The van der Waals surface area contributed by atoms with E-state index in [1.807, 2.05) is 0 Å². The average Bonchev–Trinajstić information content (AvgIpc) is 2.66.